The molecule has 45 heavy (non-hydrogen) atoms. The molecule has 1 atom stereocenters. The van der Waals surface area contributed by atoms with Crippen LogP contribution < -0.4 is 16.2 Å². The van der Waals surface area contributed by atoms with Gasteiger partial charge in [-0.25, -0.2) is 28.3 Å². The number of fused-ring (bicyclic) bond motifs is 1. The van der Waals surface area contributed by atoms with Gasteiger partial charge in [0.15, 0.2) is 11.5 Å². The largest absolute Gasteiger partial charge is 0.457 e. The van der Waals surface area contributed by atoms with E-state index < -0.39 is 29.8 Å². The van der Waals surface area contributed by atoms with Crippen molar-refractivity contribution >= 4 is 23.1 Å². The molecule has 238 valence electrons. The summed E-state index contributed by atoms with van der Waals surface area (Å²) in [7, 11) is 0. The Morgan fingerprint density at radius 1 is 0.956 bits per heavy atom. The Hall–Kier alpha value is -4.52. The average molecular weight is 622 g/mol. The van der Waals surface area contributed by atoms with E-state index in [9.17, 15) is 9.59 Å². The van der Waals surface area contributed by atoms with E-state index in [1.54, 1.807) is 34.1 Å². The van der Waals surface area contributed by atoms with Gasteiger partial charge in [-0.05, 0) is 76.4 Å². The summed E-state index contributed by atoms with van der Waals surface area (Å²) in [5.74, 6) is -2.03. The van der Waals surface area contributed by atoms with Gasteiger partial charge in [0.1, 0.15) is 35.0 Å². The summed E-state index contributed by atoms with van der Waals surface area (Å²) < 4.78 is 45.8. The van der Waals surface area contributed by atoms with Gasteiger partial charge in [0.2, 0.25) is 0 Å². The van der Waals surface area contributed by atoms with Gasteiger partial charge in [0.25, 0.3) is 5.92 Å². The summed E-state index contributed by atoms with van der Waals surface area (Å²) in [6.45, 7) is 6.15. The molecule has 4 heterocycles. The summed E-state index contributed by atoms with van der Waals surface area (Å²) in [5.41, 5.74) is 5.59. The highest BCUT2D eigenvalue weighted by Crippen LogP contribution is 2.40. The monoisotopic (exact) mass is 621 g/mol. The van der Waals surface area contributed by atoms with Crippen LogP contribution >= 0.6 is 0 Å². The number of benzene rings is 2. The number of nitrogens with two attached hydrogens (primary N) is 1. The molecule has 0 aliphatic carbocycles. The molecule has 0 spiro atoms. The third kappa shape index (κ3) is 6.21. The number of nitrogen functional groups attached to an aromatic ring is 1. The Labute approximate surface area is 259 Å². The number of imidazole rings is 1. The predicted octanol–water partition coefficient (Wildman–Crippen LogP) is 5.24. The summed E-state index contributed by atoms with van der Waals surface area (Å²) in [5, 5.41) is 0. The summed E-state index contributed by atoms with van der Waals surface area (Å²) in [4.78, 5) is 38.1. The molecular weight excluding hydrogens is 584 g/mol. The van der Waals surface area contributed by atoms with Gasteiger partial charge in [-0.2, -0.15) is 0 Å². The second-order valence-electron chi connectivity index (χ2n) is 12.6. The predicted molar refractivity (Wildman–Crippen MR) is 165 cm³/mol. The van der Waals surface area contributed by atoms with Gasteiger partial charge in [-0.1, -0.05) is 18.2 Å². The van der Waals surface area contributed by atoms with Crippen molar-refractivity contribution < 1.29 is 23.0 Å². The molecule has 0 bridgehead atoms. The zero-order valence-corrected chi connectivity index (χ0v) is 25.5. The number of ether oxygens (including phenoxy) is 2. The molecule has 0 unspecified atom stereocenters. The lowest BCUT2D eigenvalue weighted by Crippen LogP contribution is -2.56. The fourth-order valence-electron chi connectivity index (χ4n) is 6.20. The first kappa shape index (κ1) is 30.5. The number of likely N-dealkylation sites (tertiary alicyclic amines) is 2. The lowest BCUT2D eigenvalue weighted by molar-refractivity contribution is -0.116. The lowest BCUT2D eigenvalue weighted by Gasteiger charge is -2.44. The molecule has 0 saturated carbocycles. The minimum atomic E-state index is -3.24. The van der Waals surface area contributed by atoms with Gasteiger partial charge >= 0.3 is 11.8 Å². The normalized spacial score (nSPS) is 19.5. The maximum Gasteiger partial charge on any atom is 0.410 e. The highest BCUT2D eigenvalue weighted by Gasteiger charge is 2.49. The number of para-hydroxylation sites is 1. The standard InChI is InChI=1S/C32H37F2N7O4/c1-31(2,3)45-30(43)38-16-13-21(14-17-38)39-18-15-25(32(33,34)19-39)41-28-26(27(35)36-20-37-28)40(29(41)42)22-9-11-24(12-10-22)44-23-7-5-4-6-8-23/h4-12,20-21,25H,13-19H2,1-3H3,(H2,35,36,37)/t25-/m0/s1. The van der Waals surface area contributed by atoms with Crippen LogP contribution in [0.1, 0.15) is 46.1 Å². The molecule has 13 heteroatoms. The topological polar surface area (TPSA) is 121 Å². The number of carbonyl (C=O) groups excluding carboxylic acids is 1. The zero-order chi connectivity index (χ0) is 31.9. The molecular formula is C32H37F2N7O4. The first-order valence-electron chi connectivity index (χ1n) is 15.1. The van der Waals surface area contributed by atoms with E-state index in [0.29, 0.717) is 49.7 Å². The number of hydrogen-bond acceptors (Lipinski definition) is 8. The number of nitrogens with zero attached hydrogens (tertiary/aromatic N) is 6. The van der Waals surface area contributed by atoms with Crippen LogP contribution in [0.5, 0.6) is 11.5 Å². The van der Waals surface area contributed by atoms with Crippen LogP contribution in [0.3, 0.4) is 0 Å². The Kier molecular flexibility index (Phi) is 7.98. The third-order valence-corrected chi connectivity index (χ3v) is 8.29. The van der Waals surface area contributed by atoms with Crippen molar-refractivity contribution in [3.8, 4) is 17.2 Å². The van der Waals surface area contributed by atoms with Crippen molar-refractivity contribution in [1.82, 2.24) is 28.9 Å². The maximum atomic E-state index is 16.0. The summed E-state index contributed by atoms with van der Waals surface area (Å²) in [6, 6.07) is 14.4. The number of aromatic nitrogens is 4. The van der Waals surface area contributed by atoms with Crippen LogP contribution in [0.2, 0.25) is 0 Å². The first-order chi connectivity index (χ1) is 21.4. The van der Waals surface area contributed by atoms with E-state index in [1.807, 2.05) is 51.1 Å². The van der Waals surface area contributed by atoms with Crippen LogP contribution in [-0.2, 0) is 4.74 Å². The van der Waals surface area contributed by atoms with E-state index in [2.05, 4.69) is 9.97 Å². The third-order valence-electron chi connectivity index (χ3n) is 8.29. The fourth-order valence-corrected chi connectivity index (χ4v) is 6.20. The second-order valence-corrected chi connectivity index (χ2v) is 12.6. The number of alkyl halides is 2. The molecule has 2 aromatic carbocycles. The van der Waals surface area contributed by atoms with Gasteiger partial charge in [0.05, 0.1) is 12.2 Å². The van der Waals surface area contributed by atoms with Crippen LogP contribution in [0.4, 0.5) is 19.4 Å². The second kappa shape index (κ2) is 11.8. The Bertz CT molecular complexity index is 1730. The molecule has 11 nitrogen and oxygen atoms in total. The smallest absolute Gasteiger partial charge is 0.410 e. The number of hydrogen-bond donors (Lipinski definition) is 1. The fraction of sp³-hybridized carbons (Fsp3) is 0.438. The average Bonchev–Trinajstić information content (AvgIpc) is 3.29. The van der Waals surface area contributed by atoms with E-state index in [1.165, 1.54) is 10.9 Å². The maximum absolute atomic E-state index is 16.0. The van der Waals surface area contributed by atoms with Crippen LogP contribution in [0.15, 0.2) is 65.7 Å². The number of piperidine rings is 2. The highest BCUT2D eigenvalue weighted by atomic mass is 19.3. The molecule has 2 aromatic heterocycles. The Balaban J connectivity index is 1.23. The molecule has 4 aromatic rings. The molecule has 2 saturated heterocycles. The van der Waals surface area contributed by atoms with Crippen molar-refractivity contribution in [3.05, 3.63) is 71.4 Å². The van der Waals surface area contributed by atoms with Crippen molar-refractivity contribution in [2.24, 2.45) is 0 Å². The number of amides is 1. The summed E-state index contributed by atoms with van der Waals surface area (Å²) >= 11 is 0. The van der Waals surface area contributed by atoms with Crippen LogP contribution in [-0.4, -0.2) is 78.7 Å². The molecule has 2 N–H and O–H groups in total. The van der Waals surface area contributed by atoms with Gasteiger partial charge in [-0.3, -0.25) is 14.0 Å². The highest BCUT2D eigenvalue weighted by molar-refractivity contribution is 5.84. The molecule has 2 aliphatic rings. The van der Waals surface area contributed by atoms with Crippen molar-refractivity contribution in [1.29, 1.82) is 0 Å². The number of carbonyl (C=O) groups is 1. The molecule has 2 fully saturated rings. The van der Waals surface area contributed by atoms with Crippen molar-refractivity contribution in [2.45, 2.75) is 63.6 Å². The molecule has 6 rings (SSSR count). The Morgan fingerprint density at radius 3 is 2.27 bits per heavy atom. The SMILES string of the molecule is CC(C)(C)OC(=O)N1CCC(N2CC[C@H](n3c(=O)n(-c4ccc(Oc5ccccc5)cc4)c4c(N)ncnc43)C(F)(F)C2)CC1. The number of halogens is 2. The minimum Gasteiger partial charge on any atom is -0.457 e. The van der Waals surface area contributed by atoms with Crippen LogP contribution in [0, 0.1) is 0 Å². The van der Waals surface area contributed by atoms with Gasteiger partial charge in [0, 0.05) is 25.7 Å². The van der Waals surface area contributed by atoms with Crippen molar-refractivity contribution in [3.63, 3.8) is 0 Å². The first-order valence-corrected chi connectivity index (χ1v) is 15.1. The number of rotatable bonds is 5. The van der Waals surface area contributed by atoms with E-state index >= 15 is 8.78 Å². The van der Waals surface area contributed by atoms with E-state index in [4.69, 9.17) is 15.2 Å². The van der Waals surface area contributed by atoms with Crippen molar-refractivity contribution in [2.75, 3.05) is 31.9 Å². The molecule has 0 radical (unpaired) electrons. The van der Waals surface area contributed by atoms with Gasteiger partial charge in [-0.15, -0.1) is 0 Å². The molecule has 2 aliphatic heterocycles. The Morgan fingerprint density at radius 2 is 1.62 bits per heavy atom. The van der Waals surface area contributed by atoms with Crippen LogP contribution in [0.25, 0.3) is 16.9 Å². The summed E-state index contributed by atoms with van der Waals surface area (Å²) in [6.07, 6.45) is 1.95. The zero-order valence-electron chi connectivity index (χ0n) is 25.5. The minimum absolute atomic E-state index is 0.0120. The quantitative estimate of drug-likeness (QED) is 0.321. The molecule has 1 amide bonds. The van der Waals surface area contributed by atoms with E-state index in [0.717, 1.165) is 4.57 Å². The van der Waals surface area contributed by atoms with E-state index in [-0.39, 0.29) is 35.5 Å². The number of anilines is 1. The lowest BCUT2D eigenvalue weighted by atomic mass is 9.95. The van der Waals surface area contributed by atoms with Gasteiger partial charge < -0.3 is 20.1 Å².